The van der Waals surface area contributed by atoms with Crippen LogP contribution in [-0.2, 0) is 4.79 Å². The first-order valence-corrected chi connectivity index (χ1v) is 4.99. The summed E-state index contributed by atoms with van der Waals surface area (Å²) >= 11 is 1.07. The van der Waals surface area contributed by atoms with Crippen molar-refractivity contribution in [3.63, 3.8) is 0 Å². The highest BCUT2D eigenvalue weighted by molar-refractivity contribution is 7.09. The summed E-state index contributed by atoms with van der Waals surface area (Å²) in [6.07, 6.45) is 0. The number of carbonyl (C=O) groups excluding carboxylic acids is 1. The van der Waals surface area contributed by atoms with Crippen LogP contribution < -0.4 is 16.2 Å². The van der Waals surface area contributed by atoms with E-state index in [1.165, 1.54) is 0 Å². The maximum atomic E-state index is 11.6. The second kappa shape index (κ2) is 3.95. The number of rotatable bonds is 2. The second-order valence-corrected chi connectivity index (χ2v) is 3.81. The van der Waals surface area contributed by atoms with Crippen molar-refractivity contribution in [1.82, 2.24) is 25.7 Å². The topological polar surface area (TPSA) is 91.8 Å². The van der Waals surface area contributed by atoms with Gasteiger partial charge in [-0.15, -0.1) is 0 Å². The van der Waals surface area contributed by atoms with Gasteiger partial charge in [-0.3, -0.25) is 21.0 Å². The number of carbonyl (C=O) groups is 1. The van der Waals surface area contributed by atoms with Gasteiger partial charge in [0.1, 0.15) is 0 Å². The van der Waals surface area contributed by atoms with E-state index in [0.29, 0.717) is 11.7 Å². The van der Waals surface area contributed by atoms with Crippen LogP contribution in [0, 0.1) is 5.92 Å². The Bertz CT molecular complexity index is 314. The third-order valence-electron chi connectivity index (χ3n) is 2.12. The van der Waals surface area contributed by atoms with E-state index in [2.05, 4.69) is 31.0 Å². The Labute approximate surface area is 84.4 Å². The van der Waals surface area contributed by atoms with Crippen LogP contribution in [0.4, 0.5) is 5.13 Å². The van der Waals surface area contributed by atoms with Crippen molar-refractivity contribution in [1.29, 1.82) is 0 Å². The van der Waals surface area contributed by atoms with Crippen LogP contribution >= 0.6 is 11.5 Å². The molecule has 1 fully saturated rings. The highest BCUT2D eigenvalue weighted by Gasteiger charge is 2.29. The average Bonchev–Trinajstić information content (AvgIpc) is 2.75. The Hall–Kier alpha value is -1.12. The van der Waals surface area contributed by atoms with Gasteiger partial charge in [-0.25, -0.2) is 0 Å². The maximum absolute atomic E-state index is 11.6. The number of amides is 1. The minimum absolute atomic E-state index is 0.0615. The van der Waals surface area contributed by atoms with E-state index in [1.807, 2.05) is 6.92 Å². The Balaban J connectivity index is 1.95. The number of anilines is 1. The summed E-state index contributed by atoms with van der Waals surface area (Å²) in [6.45, 7) is 2.57. The van der Waals surface area contributed by atoms with E-state index < -0.39 is 0 Å². The fourth-order valence-electron chi connectivity index (χ4n) is 1.31. The summed E-state index contributed by atoms with van der Waals surface area (Å²) in [4.78, 5) is 11.6. The van der Waals surface area contributed by atoms with E-state index in [0.717, 1.165) is 11.5 Å². The molecule has 0 aromatic carbocycles. The van der Waals surface area contributed by atoms with Crippen molar-refractivity contribution in [2.45, 2.75) is 13.0 Å². The molecule has 0 spiro atoms. The molecule has 1 aliphatic rings. The van der Waals surface area contributed by atoms with Crippen molar-refractivity contribution in [2.75, 3.05) is 11.9 Å². The molecule has 1 saturated heterocycles. The summed E-state index contributed by atoms with van der Waals surface area (Å²) in [5.41, 5.74) is 5.89. The smallest absolute Gasteiger partial charge is 0.232 e. The molecule has 0 bridgehead atoms. The van der Waals surface area contributed by atoms with Crippen molar-refractivity contribution in [3.05, 3.63) is 0 Å². The maximum Gasteiger partial charge on any atom is 0.232 e. The van der Waals surface area contributed by atoms with Gasteiger partial charge in [0.2, 0.25) is 11.0 Å². The molecule has 2 rings (SSSR count). The molecule has 2 heterocycles. The highest BCUT2D eigenvalue weighted by Crippen LogP contribution is 2.12. The molecule has 7 nitrogen and oxygen atoms in total. The lowest BCUT2D eigenvalue weighted by atomic mass is 10.0. The molecule has 0 radical (unpaired) electrons. The first kappa shape index (κ1) is 9.44. The van der Waals surface area contributed by atoms with Crippen LogP contribution in [0.1, 0.15) is 6.92 Å². The molecule has 1 amide bonds. The van der Waals surface area contributed by atoms with E-state index in [9.17, 15) is 4.79 Å². The third kappa shape index (κ3) is 1.86. The number of hydrogen-bond acceptors (Lipinski definition) is 7. The summed E-state index contributed by atoms with van der Waals surface area (Å²) < 4.78 is 3.56. The summed E-state index contributed by atoms with van der Waals surface area (Å²) in [5.74, 6) is -0.146. The fraction of sp³-hybridized carbons (Fsp3) is 0.667. The molecule has 1 aromatic heterocycles. The monoisotopic (exact) mass is 214 g/mol. The summed E-state index contributed by atoms with van der Waals surface area (Å²) in [7, 11) is 0. The van der Waals surface area contributed by atoms with Gasteiger partial charge < -0.3 is 0 Å². The molecular weight excluding hydrogens is 204 g/mol. The minimum Gasteiger partial charge on any atom is -0.299 e. The number of nitrogens with zero attached hydrogens (tertiary/aromatic N) is 3. The zero-order valence-corrected chi connectivity index (χ0v) is 8.34. The molecular formula is C6H10N6OS. The lowest BCUT2D eigenvalue weighted by molar-refractivity contribution is -0.119. The molecule has 14 heavy (non-hydrogen) atoms. The lowest BCUT2D eigenvalue weighted by Crippen LogP contribution is -2.33. The van der Waals surface area contributed by atoms with Crippen LogP contribution in [0.15, 0.2) is 0 Å². The SMILES string of the molecule is CC1NNCC1C(=O)Nc1nnns1. The van der Waals surface area contributed by atoms with Crippen molar-refractivity contribution in [2.24, 2.45) is 5.92 Å². The highest BCUT2D eigenvalue weighted by atomic mass is 32.1. The Morgan fingerprint density at radius 3 is 3.14 bits per heavy atom. The molecule has 76 valence electrons. The third-order valence-corrected chi connectivity index (χ3v) is 2.63. The van der Waals surface area contributed by atoms with Crippen LogP contribution in [0.2, 0.25) is 0 Å². The number of nitrogens with one attached hydrogen (secondary N) is 3. The van der Waals surface area contributed by atoms with Gasteiger partial charge in [-0.2, -0.15) is 0 Å². The van der Waals surface area contributed by atoms with Gasteiger partial charge in [0.25, 0.3) is 0 Å². The van der Waals surface area contributed by atoms with E-state index in [-0.39, 0.29) is 17.9 Å². The lowest BCUT2D eigenvalue weighted by Gasteiger charge is -2.11. The van der Waals surface area contributed by atoms with Crippen LogP contribution in [0.5, 0.6) is 0 Å². The number of hydrazine groups is 1. The van der Waals surface area contributed by atoms with Gasteiger partial charge in [0.05, 0.1) is 5.92 Å². The van der Waals surface area contributed by atoms with Crippen LogP contribution in [0.3, 0.4) is 0 Å². The van der Waals surface area contributed by atoms with E-state index >= 15 is 0 Å². The number of hydrogen-bond donors (Lipinski definition) is 3. The van der Waals surface area contributed by atoms with Gasteiger partial charge in [-0.1, -0.05) is 9.59 Å². The molecule has 1 aliphatic heterocycles. The fourth-order valence-corrected chi connectivity index (χ4v) is 1.68. The van der Waals surface area contributed by atoms with Gasteiger partial charge in [0, 0.05) is 24.1 Å². The number of aromatic nitrogens is 3. The van der Waals surface area contributed by atoms with E-state index in [1.54, 1.807) is 0 Å². The normalized spacial score (nSPS) is 26.4. The second-order valence-electron chi connectivity index (χ2n) is 3.08. The van der Waals surface area contributed by atoms with Crippen LogP contribution in [0.25, 0.3) is 0 Å². The molecule has 1 aromatic rings. The summed E-state index contributed by atoms with van der Waals surface area (Å²) in [5, 5.41) is 10.1. The van der Waals surface area contributed by atoms with E-state index in [4.69, 9.17) is 0 Å². The molecule has 0 aliphatic carbocycles. The zero-order valence-electron chi connectivity index (χ0n) is 7.52. The molecule has 3 N–H and O–H groups in total. The Morgan fingerprint density at radius 1 is 1.71 bits per heavy atom. The molecule has 2 atom stereocenters. The zero-order chi connectivity index (χ0) is 9.97. The van der Waals surface area contributed by atoms with Crippen LogP contribution in [-0.4, -0.2) is 33.3 Å². The predicted octanol–water partition coefficient (Wildman–Crippen LogP) is -1.02. The van der Waals surface area contributed by atoms with Crippen molar-refractivity contribution < 1.29 is 4.79 Å². The van der Waals surface area contributed by atoms with Crippen molar-refractivity contribution in [3.8, 4) is 0 Å². The van der Waals surface area contributed by atoms with Gasteiger partial charge >= 0.3 is 0 Å². The first-order chi connectivity index (χ1) is 6.77. The largest absolute Gasteiger partial charge is 0.299 e. The first-order valence-electron chi connectivity index (χ1n) is 4.21. The molecule has 0 saturated carbocycles. The minimum atomic E-state index is -0.0844. The van der Waals surface area contributed by atoms with Gasteiger partial charge in [0.15, 0.2) is 0 Å². The predicted molar refractivity (Wildman–Crippen MR) is 50.4 cm³/mol. The Kier molecular flexibility index (Phi) is 2.66. The van der Waals surface area contributed by atoms with Crippen molar-refractivity contribution >= 4 is 22.6 Å². The summed E-state index contributed by atoms with van der Waals surface area (Å²) in [6, 6.07) is 0.121. The average molecular weight is 214 g/mol. The Morgan fingerprint density at radius 2 is 2.57 bits per heavy atom. The molecule has 2 unspecified atom stereocenters. The standard InChI is InChI=1S/C6H10N6OS/c1-3-4(2-7-9-3)5(13)8-6-10-11-12-14-6/h3-4,7,9H,2H2,1H3,(H,8,10,12,13). The quantitative estimate of drug-likeness (QED) is 0.584. The van der Waals surface area contributed by atoms with Gasteiger partial charge in [-0.05, 0) is 12.1 Å². The molecule has 8 heteroatoms.